The number of rotatable bonds is 8. The fourth-order valence-electron chi connectivity index (χ4n) is 4.35. The van der Waals surface area contributed by atoms with E-state index in [4.69, 9.17) is 10.4 Å². The van der Waals surface area contributed by atoms with E-state index in [2.05, 4.69) is 11.6 Å². The van der Waals surface area contributed by atoms with Gasteiger partial charge in [-0.3, -0.25) is 14.8 Å². The highest BCUT2D eigenvalue weighted by molar-refractivity contribution is 6.22. The second-order valence-electron chi connectivity index (χ2n) is 8.33. The molecule has 3 N–H and O–H groups in total. The Kier molecular flexibility index (Phi) is 6.59. The summed E-state index contributed by atoms with van der Waals surface area (Å²) in [6.07, 6.45) is 7.07. The van der Waals surface area contributed by atoms with Gasteiger partial charge in [-0.2, -0.15) is 0 Å². The van der Waals surface area contributed by atoms with Crippen molar-refractivity contribution in [2.75, 3.05) is 0 Å². The lowest BCUT2D eigenvalue weighted by molar-refractivity contribution is -0.136. The van der Waals surface area contributed by atoms with Gasteiger partial charge in [0.25, 0.3) is 0 Å². The van der Waals surface area contributed by atoms with Gasteiger partial charge in [-0.25, -0.2) is 0 Å². The van der Waals surface area contributed by atoms with Crippen LogP contribution in [-0.2, 0) is 11.2 Å². The maximum atomic E-state index is 11.3. The number of nitrogens with zero attached hydrogens (tertiary/aromatic N) is 3. The van der Waals surface area contributed by atoms with Crippen molar-refractivity contribution >= 4 is 28.3 Å². The average molecular weight is 467 g/mol. The summed E-state index contributed by atoms with van der Waals surface area (Å²) in [5.74, 6) is -0.849. The number of hydrogen-bond acceptors (Lipinski definition) is 5. The SMILES string of the molecule is C=C[C@@H](c1ccccn1)n1cc(-c2cccc(CC(=O)O)c2)c2ncc(/C(C(C)=N)=C(\C)O)cc21. The molecule has 3 aromatic heterocycles. The summed E-state index contributed by atoms with van der Waals surface area (Å²) in [7, 11) is 0. The smallest absolute Gasteiger partial charge is 0.307 e. The van der Waals surface area contributed by atoms with Crippen LogP contribution < -0.4 is 0 Å². The molecule has 0 bridgehead atoms. The molecule has 0 spiro atoms. The summed E-state index contributed by atoms with van der Waals surface area (Å²) in [6.45, 7) is 7.21. The third kappa shape index (κ3) is 4.75. The van der Waals surface area contributed by atoms with Gasteiger partial charge in [-0.05, 0) is 43.2 Å². The van der Waals surface area contributed by atoms with Crippen LogP contribution in [0.1, 0.15) is 36.7 Å². The van der Waals surface area contributed by atoms with Crippen LogP contribution in [0, 0.1) is 5.41 Å². The minimum Gasteiger partial charge on any atom is -0.512 e. The van der Waals surface area contributed by atoms with Crippen molar-refractivity contribution in [3.8, 4) is 11.1 Å². The van der Waals surface area contributed by atoms with Gasteiger partial charge >= 0.3 is 5.97 Å². The number of aliphatic carboxylic acids is 1. The fourth-order valence-corrected chi connectivity index (χ4v) is 4.35. The van der Waals surface area contributed by atoms with Crippen molar-refractivity contribution in [1.29, 1.82) is 5.41 Å². The van der Waals surface area contributed by atoms with Crippen molar-refractivity contribution in [2.24, 2.45) is 0 Å². The number of allylic oxidation sites excluding steroid dienone is 3. The standard InChI is InChI=1S/C28H26N4O3/c1-4-24(23-10-5-6-11-30-23)32-16-22(20-9-7-8-19(12-20)13-26(34)35)28-25(32)14-21(15-31-28)27(17(2)29)18(3)33/h4-12,14-16,24,29,33H,1,13H2,2-3H3,(H,34,35)/b27-18+,29-17?/t24-/m0/s1. The number of carboxylic acids is 1. The molecule has 0 aliphatic rings. The van der Waals surface area contributed by atoms with Crippen LogP contribution in [0.2, 0.25) is 0 Å². The van der Waals surface area contributed by atoms with Crippen molar-refractivity contribution in [3.05, 3.63) is 102 Å². The molecule has 0 saturated heterocycles. The van der Waals surface area contributed by atoms with Crippen LogP contribution in [0.25, 0.3) is 27.7 Å². The Morgan fingerprint density at radius 1 is 1.14 bits per heavy atom. The molecule has 1 aromatic carbocycles. The molecule has 1 atom stereocenters. The normalized spacial score (nSPS) is 12.7. The number of carbonyl (C=O) groups is 1. The second-order valence-corrected chi connectivity index (χ2v) is 8.33. The summed E-state index contributed by atoms with van der Waals surface area (Å²) < 4.78 is 2.02. The molecule has 0 saturated carbocycles. The highest BCUT2D eigenvalue weighted by Gasteiger charge is 2.20. The molecule has 176 valence electrons. The molecule has 0 unspecified atom stereocenters. The summed E-state index contributed by atoms with van der Waals surface area (Å²) in [5, 5.41) is 27.6. The molecular weight excluding hydrogens is 440 g/mol. The van der Waals surface area contributed by atoms with Crippen LogP contribution >= 0.6 is 0 Å². The Bertz CT molecular complexity index is 1460. The van der Waals surface area contributed by atoms with Crippen molar-refractivity contribution in [1.82, 2.24) is 14.5 Å². The summed E-state index contributed by atoms with van der Waals surface area (Å²) in [5.41, 5.74) is 5.93. The largest absolute Gasteiger partial charge is 0.512 e. The summed E-state index contributed by atoms with van der Waals surface area (Å²) in [6, 6.07) is 14.7. The van der Waals surface area contributed by atoms with Gasteiger partial charge in [-0.1, -0.05) is 36.4 Å². The van der Waals surface area contributed by atoms with E-state index in [9.17, 15) is 15.0 Å². The second kappa shape index (κ2) is 9.77. The Labute approximate surface area is 203 Å². The molecular formula is C28H26N4O3. The Morgan fingerprint density at radius 2 is 1.94 bits per heavy atom. The van der Waals surface area contributed by atoms with Gasteiger partial charge in [0.15, 0.2) is 0 Å². The molecule has 0 fully saturated rings. The van der Waals surface area contributed by atoms with E-state index >= 15 is 0 Å². The maximum absolute atomic E-state index is 11.3. The topological polar surface area (TPSA) is 112 Å². The van der Waals surface area contributed by atoms with E-state index in [-0.39, 0.29) is 23.9 Å². The van der Waals surface area contributed by atoms with Crippen LogP contribution in [0.15, 0.2) is 85.5 Å². The number of nitrogens with one attached hydrogen (secondary N) is 1. The zero-order chi connectivity index (χ0) is 25.1. The van der Waals surface area contributed by atoms with E-state index in [0.29, 0.717) is 22.2 Å². The highest BCUT2D eigenvalue weighted by atomic mass is 16.4. The zero-order valence-electron chi connectivity index (χ0n) is 19.6. The van der Waals surface area contributed by atoms with E-state index in [0.717, 1.165) is 22.3 Å². The Balaban J connectivity index is 1.99. The van der Waals surface area contributed by atoms with Gasteiger partial charge < -0.3 is 20.2 Å². The van der Waals surface area contributed by atoms with Crippen LogP contribution in [0.4, 0.5) is 0 Å². The first-order valence-corrected chi connectivity index (χ1v) is 11.1. The number of aliphatic hydroxyl groups excluding tert-OH is 1. The molecule has 0 radical (unpaired) electrons. The Hall–Kier alpha value is -4.52. The third-order valence-electron chi connectivity index (χ3n) is 5.80. The van der Waals surface area contributed by atoms with Crippen LogP contribution in [0.5, 0.6) is 0 Å². The number of carboxylic acid groups (broad SMARTS) is 1. The zero-order valence-corrected chi connectivity index (χ0v) is 19.6. The minimum atomic E-state index is -0.894. The highest BCUT2D eigenvalue weighted by Crippen LogP contribution is 2.35. The minimum absolute atomic E-state index is 0.0448. The van der Waals surface area contributed by atoms with E-state index in [1.165, 1.54) is 0 Å². The lowest BCUT2D eigenvalue weighted by Gasteiger charge is -2.16. The number of pyridine rings is 2. The predicted octanol–water partition coefficient (Wildman–Crippen LogP) is 5.83. The number of aromatic nitrogens is 3. The average Bonchev–Trinajstić information content (AvgIpc) is 3.18. The van der Waals surface area contributed by atoms with Crippen LogP contribution in [-0.4, -0.2) is 36.4 Å². The van der Waals surface area contributed by atoms with Crippen molar-refractivity contribution < 1.29 is 15.0 Å². The number of aliphatic hydroxyl groups is 1. The van der Waals surface area contributed by atoms with Gasteiger partial charge in [0.2, 0.25) is 0 Å². The van der Waals surface area contributed by atoms with Crippen LogP contribution in [0.3, 0.4) is 0 Å². The third-order valence-corrected chi connectivity index (χ3v) is 5.80. The fraction of sp³-hybridized carbons (Fsp3) is 0.143. The van der Waals surface area contributed by atoms with Crippen molar-refractivity contribution in [3.63, 3.8) is 0 Å². The lowest BCUT2D eigenvalue weighted by atomic mass is 10.0. The van der Waals surface area contributed by atoms with Gasteiger partial charge in [-0.15, -0.1) is 6.58 Å². The monoisotopic (exact) mass is 466 g/mol. The molecule has 7 nitrogen and oxygen atoms in total. The quantitative estimate of drug-likeness (QED) is 0.172. The Morgan fingerprint density at radius 3 is 2.57 bits per heavy atom. The molecule has 7 heteroatoms. The van der Waals surface area contributed by atoms with Crippen molar-refractivity contribution in [2.45, 2.75) is 26.3 Å². The first kappa shape index (κ1) is 23.6. The molecule has 35 heavy (non-hydrogen) atoms. The van der Waals surface area contributed by atoms with Gasteiger partial charge in [0.05, 0.1) is 34.9 Å². The van der Waals surface area contributed by atoms with E-state index in [1.54, 1.807) is 38.4 Å². The summed E-state index contributed by atoms with van der Waals surface area (Å²) in [4.78, 5) is 20.5. The molecule has 0 amide bonds. The lowest BCUT2D eigenvalue weighted by Crippen LogP contribution is -2.09. The number of hydrogen-bond donors (Lipinski definition) is 3. The molecule has 0 aliphatic heterocycles. The molecule has 0 aliphatic carbocycles. The molecule has 4 rings (SSSR count). The number of benzene rings is 1. The van der Waals surface area contributed by atoms with E-state index < -0.39 is 5.97 Å². The molecule has 3 heterocycles. The maximum Gasteiger partial charge on any atom is 0.307 e. The summed E-state index contributed by atoms with van der Waals surface area (Å²) >= 11 is 0. The first-order valence-electron chi connectivity index (χ1n) is 11.1. The first-order chi connectivity index (χ1) is 16.8. The number of fused-ring (bicyclic) bond motifs is 1. The molecule has 4 aromatic rings. The van der Waals surface area contributed by atoms with Gasteiger partial charge in [0, 0.05) is 41.0 Å². The van der Waals surface area contributed by atoms with Gasteiger partial charge in [0.1, 0.15) is 0 Å². The predicted molar refractivity (Wildman–Crippen MR) is 138 cm³/mol. The van der Waals surface area contributed by atoms with E-state index in [1.807, 2.05) is 53.2 Å².